The maximum absolute atomic E-state index is 5.73. The van der Waals surface area contributed by atoms with E-state index in [1.165, 1.54) is 6.39 Å². The van der Waals surface area contributed by atoms with Gasteiger partial charge in [-0.25, -0.2) is 4.98 Å². The number of benzene rings is 2. The van der Waals surface area contributed by atoms with Gasteiger partial charge in [0.2, 0.25) is 0 Å². The first-order valence-corrected chi connectivity index (χ1v) is 6.21. The second-order valence-electron chi connectivity index (χ2n) is 4.40. The predicted octanol–water partition coefficient (Wildman–Crippen LogP) is 3.60. The first-order chi connectivity index (χ1) is 9.78. The quantitative estimate of drug-likeness (QED) is 0.736. The predicted molar refractivity (Wildman–Crippen MR) is 78.3 cm³/mol. The van der Waals surface area contributed by atoms with Gasteiger partial charge in [0.1, 0.15) is 5.75 Å². The van der Waals surface area contributed by atoms with Crippen molar-refractivity contribution < 1.29 is 9.15 Å². The van der Waals surface area contributed by atoms with E-state index in [0.29, 0.717) is 0 Å². The van der Waals surface area contributed by atoms with Gasteiger partial charge in [-0.15, -0.1) is 0 Å². The van der Waals surface area contributed by atoms with E-state index < -0.39 is 0 Å². The topological polar surface area (TPSA) is 61.3 Å². The summed E-state index contributed by atoms with van der Waals surface area (Å²) in [7, 11) is 1.66. The Hall–Kier alpha value is -2.75. The summed E-state index contributed by atoms with van der Waals surface area (Å²) in [6.07, 6.45) is 3.11. The van der Waals surface area contributed by atoms with Crippen LogP contribution in [0.25, 0.3) is 22.5 Å². The Morgan fingerprint density at radius 3 is 2.45 bits per heavy atom. The van der Waals surface area contributed by atoms with Crippen LogP contribution in [-0.2, 0) is 0 Å². The molecule has 0 fully saturated rings. The fraction of sp³-hybridized carbons (Fsp3) is 0.0625. The Morgan fingerprint density at radius 2 is 1.80 bits per heavy atom. The van der Waals surface area contributed by atoms with Crippen molar-refractivity contribution in [2.75, 3.05) is 12.8 Å². The smallest absolute Gasteiger partial charge is 0.181 e. The maximum atomic E-state index is 5.73. The second kappa shape index (κ2) is 5.09. The van der Waals surface area contributed by atoms with Crippen molar-refractivity contribution in [3.63, 3.8) is 0 Å². The third-order valence-electron chi connectivity index (χ3n) is 3.14. The Kier molecular flexibility index (Phi) is 3.13. The lowest BCUT2D eigenvalue weighted by Gasteiger charge is -2.10. The van der Waals surface area contributed by atoms with E-state index >= 15 is 0 Å². The van der Waals surface area contributed by atoms with Gasteiger partial charge in [-0.2, -0.15) is 0 Å². The van der Waals surface area contributed by atoms with E-state index in [4.69, 9.17) is 14.9 Å². The van der Waals surface area contributed by atoms with E-state index in [1.807, 2.05) is 42.5 Å². The number of rotatable bonds is 3. The Bertz CT molecular complexity index is 704. The molecule has 2 N–H and O–H groups in total. The van der Waals surface area contributed by atoms with Crippen LogP contribution in [0.2, 0.25) is 0 Å². The fourth-order valence-corrected chi connectivity index (χ4v) is 2.11. The van der Waals surface area contributed by atoms with Gasteiger partial charge in [0, 0.05) is 16.8 Å². The highest BCUT2D eigenvalue weighted by molar-refractivity contribution is 5.76. The lowest BCUT2D eigenvalue weighted by Crippen LogP contribution is -1.90. The molecule has 0 atom stereocenters. The summed E-state index contributed by atoms with van der Waals surface area (Å²) in [5.41, 5.74) is 9.44. The van der Waals surface area contributed by atoms with E-state index in [9.17, 15) is 0 Å². The molecule has 3 aromatic rings. The number of ether oxygens (including phenoxy) is 1. The van der Waals surface area contributed by atoms with E-state index in [0.717, 1.165) is 33.9 Å². The number of nitrogens with two attached hydrogens (primary N) is 1. The first kappa shape index (κ1) is 12.3. The molecule has 0 spiro atoms. The first-order valence-electron chi connectivity index (χ1n) is 6.21. The summed E-state index contributed by atoms with van der Waals surface area (Å²) in [6.45, 7) is 0. The molecule has 1 heterocycles. The molecular formula is C16H14N2O2. The van der Waals surface area contributed by atoms with Crippen molar-refractivity contribution in [3.05, 3.63) is 55.1 Å². The lowest BCUT2D eigenvalue weighted by atomic mass is 10.0. The summed E-state index contributed by atoms with van der Waals surface area (Å²) >= 11 is 0. The molecule has 4 nitrogen and oxygen atoms in total. The molecule has 0 saturated carbocycles. The Labute approximate surface area is 116 Å². The Balaban J connectivity index is 2.12. The summed E-state index contributed by atoms with van der Waals surface area (Å²) in [5.74, 6) is 1.53. The average molecular weight is 266 g/mol. The number of nitrogens with zero attached hydrogens (tertiary/aromatic N) is 1. The van der Waals surface area contributed by atoms with E-state index in [1.54, 1.807) is 13.3 Å². The van der Waals surface area contributed by atoms with E-state index in [-0.39, 0.29) is 0 Å². The molecule has 0 amide bonds. The van der Waals surface area contributed by atoms with Gasteiger partial charge in [-0.05, 0) is 35.9 Å². The van der Waals surface area contributed by atoms with Crippen LogP contribution in [0.1, 0.15) is 0 Å². The van der Waals surface area contributed by atoms with Gasteiger partial charge in [-0.1, -0.05) is 12.1 Å². The van der Waals surface area contributed by atoms with Crippen LogP contribution in [0, 0.1) is 0 Å². The number of oxazole rings is 1. The van der Waals surface area contributed by atoms with Crippen LogP contribution in [0.5, 0.6) is 5.75 Å². The third kappa shape index (κ3) is 2.23. The highest BCUT2D eigenvalue weighted by Gasteiger charge is 2.09. The zero-order valence-electron chi connectivity index (χ0n) is 11.0. The van der Waals surface area contributed by atoms with Gasteiger partial charge >= 0.3 is 0 Å². The normalized spacial score (nSPS) is 10.4. The standard InChI is InChI=1S/C16H14N2O2/c1-19-15-7-4-12(16-9-18-10-20-16)8-14(15)11-2-5-13(17)6-3-11/h2-10H,17H2,1H3. The van der Waals surface area contributed by atoms with Gasteiger partial charge < -0.3 is 14.9 Å². The van der Waals surface area contributed by atoms with Crippen LogP contribution in [0.3, 0.4) is 0 Å². The van der Waals surface area contributed by atoms with Crippen molar-refractivity contribution in [3.8, 4) is 28.2 Å². The molecule has 0 aliphatic heterocycles. The van der Waals surface area contributed by atoms with Gasteiger partial charge in [0.05, 0.1) is 13.3 Å². The highest BCUT2D eigenvalue weighted by Crippen LogP contribution is 2.34. The van der Waals surface area contributed by atoms with Crippen LogP contribution >= 0.6 is 0 Å². The Morgan fingerprint density at radius 1 is 1.05 bits per heavy atom. The molecule has 0 aliphatic carbocycles. The fourth-order valence-electron chi connectivity index (χ4n) is 2.11. The molecule has 2 aromatic carbocycles. The number of hydrogen-bond donors (Lipinski definition) is 1. The second-order valence-corrected chi connectivity index (χ2v) is 4.40. The number of methoxy groups -OCH3 is 1. The molecule has 0 saturated heterocycles. The zero-order valence-corrected chi connectivity index (χ0v) is 11.0. The number of aromatic nitrogens is 1. The van der Waals surface area contributed by atoms with Gasteiger partial charge in [-0.3, -0.25) is 0 Å². The minimum atomic E-state index is 0.726. The minimum Gasteiger partial charge on any atom is -0.496 e. The number of hydrogen-bond acceptors (Lipinski definition) is 4. The summed E-state index contributed by atoms with van der Waals surface area (Å²) in [5, 5.41) is 0. The van der Waals surface area contributed by atoms with Crippen molar-refractivity contribution >= 4 is 5.69 Å². The molecule has 4 heteroatoms. The molecule has 100 valence electrons. The van der Waals surface area contributed by atoms with E-state index in [2.05, 4.69) is 4.98 Å². The van der Waals surface area contributed by atoms with Crippen LogP contribution < -0.4 is 10.5 Å². The monoisotopic (exact) mass is 266 g/mol. The molecule has 0 aliphatic rings. The van der Waals surface area contributed by atoms with Crippen LogP contribution in [-0.4, -0.2) is 12.1 Å². The lowest BCUT2D eigenvalue weighted by molar-refractivity contribution is 0.416. The van der Waals surface area contributed by atoms with Gasteiger partial charge in [0.25, 0.3) is 0 Å². The van der Waals surface area contributed by atoms with Crippen molar-refractivity contribution in [2.24, 2.45) is 0 Å². The highest BCUT2D eigenvalue weighted by atomic mass is 16.5. The van der Waals surface area contributed by atoms with Crippen molar-refractivity contribution in [1.29, 1.82) is 0 Å². The largest absolute Gasteiger partial charge is 0.496 e. The summed E-state index contributed by atoms with van der Waals surface area (Å²) in [6, 6.07) is 13.6. The van der Waals surface area contributed by atoms with Crippen molar-refractivity contribution in [1.82, 2.24) is 4.98 Å². The minimum absolute atomic E-state index is 0.726. The molecule has 0 unspecified atom stereocenters. The molecule has 1 aromatic heterocycles. The van der Waals surface area contributed by atoms with Gasteiger partial charge in [0.15, 0.2) is 12.2 Å². The molecule has 3 rings (SSSR count). The molecule has 0 bridgehead atoms. The van der Waals surface area contributed by atoms with Crippen molar-refractivity contribution in [2.45, 2.75) is 0 Å². The number of nitrogen functional groups attached to an aromatic ring is 1. The SMILES string of the molecule is COc1ccc(-c2cnco2)cc1-c1ccc(N)cc1. The molecule has 20 heavy (non-hydrogen) atoms. The maximum Gasteiger partial charge on any atom is 0.181 e. The molecule has 0 radical (unpaired) electrons. The number of anilines is 1. The molecular weight excluding hydrogens is 252 g/mol. The summed E-state index contributed by atoms with van der Waals surface area (Å²) in [4.78, 5) is 3.94. The average Bonchev–Trinajstić information content (AvgIpc) is 3.02. The van der Waals surface area contributed by atoms with Crippen LogP contribution in [0.4, 0.5) is 5.69 Å². The summed E-state index contributed by atoms with van der Waals surface area (Å²) < 4.78 is 10.8. The van der Waals surface area contributed by atoms with Crippen LogP contribution in [0.15, 0.2) is 59.5 Å². The third-order valence-corrected chi connectivity index (χ3v) is 3.14. The zero-order chi connectivity index (χ0) is 13.9.